The maximum atomic E-state index is 12.3. The molecule has 1 N–H and O–H groups in total. The number of nitrogens with zero attached hydrogens (tertiary/aromatic N) is 2. The van der Waals surface area contributed by atoms with E-state index in [1.165, 1.54) is 11.3 Å². The Labute approximate surface area is 110 Å². The van der Waals surface area contributed by atoms with Gasteiger partial charge in [0.05, 0.1) is 18.6 Å². The van der Waals surface area contributed by atoms with Crippen molar-refractivity contribution < 1.29 is 9.59 Å². The summed E-state index contributed by atoms with van der Waals surface area (Å²) >= 11 is 1.50. The Balaban J connectivity index is 2.10. The molecule has 6 heteroatoms. The molecular formula is C12H17N3O2S. The zero-order chi connectivity index (χ0) is 13.1. The fraction of sp³-hybridized carbons (Fsp3) is 0.583. The van der Waals surface area contributed by atoms with Crippen molar-refractivity contribution in [2.24, 2.45) is 5.92 Å². The van der Waals surface area contributed by atoms with Gasteiger partial charge in [-0.25, -0.2) is 0 Å². The molecule has 1 aromatic heterocycles. The fourth-order valence-corrected chi connectivity index (χ4v) is 2.60. The Hall–Kier alpha value is -1.43. The molecule has 98 valence electrons. The largest absolute Gasteiger partial charge is 0.342 e. The predicted octanol–water partition coefficient (Wildman–Crippen LogP) is 1.02. The molecule has 5 nitrogen and oxygen atoms in total. The molecular weight excluding hydrogens is 250 g/mol. The molecule has 0 bridgehead atoms. The van der Waals surface area contributed by atoms with Crippen LogP contribution in [0.15, 0.2) is 11.7 Å². The molecule has 1 aromatic rings. The van der Waals surface area contributed by atoms with Gasteiger partial charge in [0.2, 0.25) is 11.8 Å². The first-order valence-corrected chi connectivity index (χ1v) is 6.95. The highest BCUT2D eigenvalue weighted by atomic mass is 32.1. The number of thiazole rings is 1. The second-order valence-corrected chi connectivity index (χ2v) is 5.56. The summed E-state index contributed by atoms with van der Waals surface area (Å²) in [5.74, 6) is 0.0903. The lowest BCUT2D eigenvalue weighted by Gasteiger charge is -2.34. The van der Waals surface area contributed by atoms with E-state index in [1.807, 2.05) is 13.8 Å². The number of hydrogen-bond donors (Lipinski definition) is 1. The Morgan fingerprint density at radius 1 is 1.61 bits per heavy atom. The third-order valence-corrected chi connectivity index (χ3v) is 4.04. The number of rotatable bonds is 4. The number of carbonyl (C=O) groups is 2. The van der Waals surface area contributed by atoms with Crippen LogP contribution in [0.4, 0.5) is 0 Å². The van der Waals surface area contributed by atoms with E-state index >= 15 is 0 Å². The number of amides is 2. The van der Waals surface area contributed by atoms with Crippen LogP contribution >= 0.6 is 11.3 Å². The highest BCUT2D eigenvalue weighted by molar-refractivity contribution is 7.09. The monoisotopic (exact) mass is 267 g/mol. The van der Waals surface area contributed by atoms with Gasteiger partial charge in [0.15, 0.2) is 0 Å². The van der Waals surface area contributed by atoms with Crippen LogP contribution in [0.25, 0.3) is 0 Å². The molecule has 2 amide bonds. The van der Waals surface area contributed by atoms with Crippen LogP contribution in [-0.2, 0) is 16.1 Å². The highest BCUT2D eigenvalue weighted by Gasteiger charge is 2.35. The molecule has 2 heterocycles. The number of carbonyl (C=O) groups excluding carboxylic acids is 2. The second-order valence-electron chi connectivity index (χ2n) is 4.59. The summed E-state index contributed by atoms with van der Waals surface area (Å²) < 4.78 is 0. The minimum atomic E-state index is -0.385. The normalized spacial score (nSPS) is 21.9. The van der Waals surface area contributed by atoms with E-state index < -0.39 is 0 Å². The van der Waals surface area contributed by atoms with Crippen LogP contribution in [0.1, 0.15) is 25.1 Å². The van der Waals surface area contributed by atoms with Gasteiger partial charge in [0.25, 0.3) is 0 Å². The van der Waals surface area contributed by atoms with Gasteiger partial charge in [-0.15, -0.1) is 11.3 Å². The Bertz CT molecular complexity index is 433. The molecule has 1 aliphatic rings. The molecule has 0 aromatic carbocycles. The summed E-state index contributed by atoms with van der Waals surface area (Å²) in [4.78, 5) is 30.6. The van der Waals surface area contributed by atoms with Crippen LogP contribution in [0.2, 0.25) is 0 Å². The fourth-order valence-electron chi connectivity index (χ4n) is 1.99. The first kappa shape index (κ1) is 13.0. The van der Waals surface area contributed by atoms with E-state index in [-0.39, 0.29) is 30.3 Å². The van der Waals surface area contributed by atoms with Crippen LogP contribution in [-0.4, -0.2) is 34.3 Å². The van der Waals surface area contributed by atoms with Crippen LogP contribution in [0.5, 0.6) is 0 Å². The van der Waals surface area contributed by atoms with E-state index in [4.69, 9.17) is 0 Å². The highest BCUT2D eigenvalue weighted by Crippen LogP contribution is 2.17. The minimum Gasteiger partial charge on any atom is -0.342 e. The lowest BCUT2D eigenvalue weighted by molar-refractivity contribution is -0.146. The van der Waals surface area contributed by atoms with Gasteiger partial charge in [-0.05, 0) is 5.92 Å². The van der Waals surface area contributed by atoms with Crippen LogP contribution < -0.4 is 5.32 Å². The Kier molecular flexibility index (Phi) is 3.96. The second kappa shape index (κ2) is 5.48. The lowest BCUT2D eigenvalue weighted by atomic mass is 9.96. The van der Waals surface area contributed by atoms with Crippen molar-refractivity contribution in [1.82, 2.24) is 15.2 Å². The minimum absolute atomic E-state index is 0.0114. The molecule has 0 radical (unpaired) electrons. The first-order valence-electron chi connectivity index (χ1n) is 6.07. The van der Waals surface area contributed by atoms with E-state index in [9.17, 15) is 9.59 Å². The number of nitrogens with one attached hydrogen (secondary N) is 1. The topological polar surface area (TPSA) is 62.3 Å². The van der Waals surface area contributed by atoms with Crippen molar-refractivity contribution >= 4 is 23.2 Å². The summed E-state index contributed by atoms with van der Waals surface area (Å²) in [7, 11) is 0. The molecule has 2 unspecified atom stereocenters. The molecule has 18 heavy (non-hydrogen) atoms. The smallest absolute Gasteiger partial charge is 0.246 e. The molecule has 1 fully saturated rings. The van der Waals surface area contributed by atoms with E-state index in [1.54, 1.807) is 16.6 Å². The van der Waals surface area contributed by atoms with Gasteiger partial charge in [-0.2, -0.15) is 0 Å². The number of piperazine rings is 1. The van der Waals surface area contributed by atoms with Crippen molar-refractivity contribution in [3.63, 3.8) is 0 Å². The SMILES string of the molecule is CCC(C)C1NC(=O)CN(Cc2cncs2)C1=O. The predicted molar refractivity (Wildman–Crippen MR) is 68.9 cm³/mol. The van der Waals surface area contributed by atoms with Crippen LogP contribution in [0.3, 0.4) is 0 Å². The maximum Gasteiger partial charge on any atom is 0.246 e. The van der Waals surface area contributed by atoms with E-state index in [0.717, 1.165) is 11.3 Å². The number of hydrogen-bond acceptors (Lipinski definition) is 4. The van der Waals surface area contributed by atoms with Crippen molar-refractivity contribution in [3.8, 4) is 0 Å². The summed E-state index contributed by atoms with van der Waals surface area (Å²) in [5, 5.41) is 2.78. The molecule has 0 spiro atoms. The molecule has 1 aliphatic heterocycles. The third-order valence-electron chi connectivity index (χ3n) is 3.27. The maximum absolute atomic E-state index is 12.3. The molecule has 0 aliphatic carbocycles. The third kappa shape index (κ3) is 2.69. The van der Waals surface area contributed by atoms with Crippen molar-refractivity contribution in [2.75, 3.05) is 6.54 Å². The first-order chi connectivity index (χ1) is 8.61. The average molecular weight is 267 g/mol. The van der Waals surface area contributed by atoms with Crippen molar-refractivity contribution in [2.45, 2.75) is 32.9 Å². The van der Waals surface area contributed by atoms with Gasteiger partial charge in [0, 0.05) is 11.1 Å². The van der Waals surface area contributed by atoms with Gasteiger partial charge >= 0.3 is 0 Å². The Morgan fingerprint density at radius 2 is 2.39 bits per heavy atom. The standard InChI is InChI=1S/C12H17N3O2S/c1-3-8(2)11-12(17)15(6-10(16)14-11)5-9-4-13-7-18-9/h4,7-8,11H,3,5-6H2,1-2H3,(H,14,16). The van der Waals surface area contributed by atoms with Gasteiger partial charge in [-0.3, -0.25) is 14.6 Å². The summed E-state index contributed by atoms with van der Waals surface area (Å²) in [6.07, 6.45) is 2.60. The lowest BCUT2D eigenvalue weighted by Crippen LogP contribution is -2.59. The van der Waals surface area contributed by atoms with Crippen molar-refractivity contribution in [1.29, 1.82) is 0 Å². The Morgan fingerprint density at radius 3 is 3.00 bits per heavy atom. The van der Waals surface area contributed by atoms with Crippen molar-refractivity contribution in [3.05, 3.63) is 16.6 Å². The van der Waals surface area contributed by atoms with Gasteiger partial charge < -0.3 is 10.2 Å². The van der Waals surface area contributed by atoms with Gasteiger partial charge in [-0.1, -0.05) is 20.3 Å². The summed E-state index contributed by atoms with van der Waals surface area (Å²) in [6.45, 7) is 4.62. The van der Waals surface area contributed by atoms with Crippen LogP contribution in [0, 0.1) is 5.92 Å². The zero-order valence-electron chi connectivity index (χ0n) is 10.5. The van der Waals surface area contributed by atoms with Gasteiger partial charge in [0.1, 0.15) is 6.04 Å². The summed E-state index contributed by atoms with van der Waals surface area (Å²) in [5.41, 5.74) is 1.73. The molecule has 1 saturated heterocycles. The molecule has 2 atom stereocenters. The molecule has 2 rings (SSSR count). The van der Waals surface area contributed by atoms with E-state index in [0.29, 0.717) is 6.54 Å². The molecule has 0 saturated carbocycles. The quantitative estimate of drug-likeness (QED) is 0.886. The summed E-state index contributed by atoms with van der Waals surface area (Å²) in [6, 6.07) is -0.385. The zero-order valence-corrected chi connectivity index (χ0v) is 11.4. The average Bonchev–Trinajstić information content (AvgIpc) is 2.85. The number of aromatic nitrogens is 1. The van der Waals surface area contributed by atoms with E-state index in [2.05, 4.69) is 10.3 Å².